The van der Waals surface area contributed by atoms with Gasteiger partial charge in [-0.1, -0.05) is 30.3 Å². The monoisotopic (exact) mass is 193 g/mol. The molecule has 0 radical (unpaired) electrons. The number of benzene rings is 1. The maximum absolute atomic E-state index is 10.6. The van der Waals surface area contributed by atoms with Crippen LogP contribution in [0.1, 0.15) is 10.8 Å². The number of aldehydes is 1. The molecule has 0 spiro atoms. The second-order valence-electron chi connectivity index (χ2n) is 2.81. The highest BCUT2D eigenvalue weighted by Crippen LogP contribution is 2.21. The molecule has 0 aliphatic rings. The third-order valence-corrected chi connectivity index (χ3v) is 2.58. The molecule has 1 rings (SSSR count). The molecule has 0 aliphatic carbocycles. The lowest BCUT2D eigenvalue weighted by atomic mass is 10.1. The molecule has 13 heavy (non-hydrogen) atoms. The van der Waals surface area contributed by atoms with Gasteiger partial charge in [0.15, 0.2) is 7.98 Å². The van der Waals surface area contributed by atoms with Crippen LogP contribution in [0.25, 0.3) is 0 Å². The number of rotatable bonds is 4. The van der Waals surface area contributed by atoms with Gasteiger partial charge in [-0.05, 0) is 5.56 Å². The normalized spacial score (nSPS) is 14.8. The SMILES string of the molecule is BN[C@H](C=O)[C@H](S)c1ccccc1. The summed E-state index contributed by atoms with van der Waals surface area (Å²) in [5.41, 5.74) is 1.05. The fraction of sp³-hybridized carbons (Fsp3) is 0.222. The minimum Gasteiger partial charge on any atom is -0.352 e. The molecule has 0 heterocycles. The third kappa shape index (κ3) is 2.61. The molecule has 2 nitrogen and oxygen atoms in total. The van der Waals surface area contributed by atoms with Crippen molar-refractivity contribution in [1.82, 2.24) is 5.23 Å². The summed E-state index contributed by atoms with van der Waals surface area (Å²) in [6, 6.07) is 9.52. The number of carbonyl (C=O) groups is 1. The van der Waals surface area contributed by atoms with Gasteiger partial charge in [0.05, 0.1) is 6.04 Å². The van der Waals surface area contributed by atoms with Gasteiger partial charge < -0.3 is 10.0 Å². The largest absolute Gasteiger partial charge is 0.352 e. The van der Waals surface area contributed by atoms with Crippen molar-refractivity contribution in [2.24, 2.45) is 0 Å². The number of thiol groups is 1. The Kier molecular flexibility index (Phi) is 4.05. The maximum atomic E-state index is 10.6. The molecule has 0 amide bonds. The zero-order valence-corrected chi connectivity index (χ0v) is 8.37. The van der Waals surface area contributed by atoms with E-state index in [0.29, 0.717) is 0 Å². The fourth-order valence-electron chi connectivity index (χ4n) is 1.16. The number of carbonyl (C=O) groups excluding carboxylic acids is 1. The van der Waals surface area contributed by atoms with Gasteiger partial charge in [-0.25, -0.2) is 0 Å². The van der Waals surface area contributed by atoms with E-state index in [9.17, 15) is 4.79 Å². The Morgan fingerprint density at radius 2 is 2.00 bits per heavy atom. The van der Waals surface area contributed by atoms with Crippen molar-refractivity contribution in [2.45, 2.75) is 11.3 Å². The first kappa shape index (κ1) is 10.3. The van der Waals surface area contributed by atoms with Crippen molar-refractivity contribution >= 4 is 26.9 Å². The predicted octanol–water partition coefficient (Wildman–Crippen LogP) is 0.363. The standard InChI is InChI=1S/C9H12BNOS/c10-11-8(6-12)9(13)7-4-2-1-3-5-7/h1-6,8-9,11,13H,10H2/t8-,9-/m1/s1. The molecule has 4 heteroatoms. The highest BCUT2D eigenvalue weighted by atomic mass is 32.1. The van der Waals surface area contributed by atoms with Gasteiger partial charge in [-0.2, -0.15) is 12.6 Å². The summed E-state index contributed by atoms with van der Waals surface area (Å²) in [6.07, 6.45) is 0.880. The highest BCUT2D eigenvalue weighted by molar-refractivity contribution is 7.80. The molecule has 1 aromatic rings. The fourth-order valence-corrected chi connectivity index (χ4v) is 1.55. The summed E-state index contributed by atoms with van der Waals surface area (Å²) in [5, 5.41) is 2.83. The van der Waals surface area contributed by atoms with Gasteiger partial charge in [-0.15, -0.1) is 0 Å². The van der Waals surface area contributed by atoms with Crippen molar-refractivity contribution in [1.29, 1.82) is 0 Å². The second-order valence-corrected chi connectivity index (χ2v) is 3.36. The van der Waals surface area contributed by atoms with Crippen LogP contribution in [0.4, 0.5) is 0 Å². The van der Waals surface area contributed by atoms with Gasteiger partial charge in [0.1, 0.15) is 6.29 Å². The molecule has 0 fully saturated rings. The van der Waals surface area contributed by atoms with Crippen molar-refractivity contribution < 1.29 is 4.79 Å². The minimum atomic E-state index is -0.231. The topological polar surface area (TPSA) is 29.1 Å². The average molecular weight is 193 g/mol. The zero-order chi connectivity index (χ0) is 9.68. The second kappa shape index (κ2) is 5.09. The molecule has 0 bridgehead atoms. The Balaban J connectivity index is 2.77. The van der Waals surface area contributed by atoms with Crippen LogP contribution < -0.4 is 5.23 Å². The number of hydrogen-bond donors (Lipinski definition) is 2. The zero-order valence-electron chi connectivity index (χ0n) is 7.47. The summed E-state index contributed by atoms with van der Waals surface area (Å²) in [6.45, 7) is 0. The Labute approximate surface area is 84.6 Å². The molecule has 1 aromatic carbocycles. The molecule has 0 saturated heterocycles. The first-order chi connectivity index (χ1) is 6.29. The molecule has 0 aliphatic heterocycles. The molecule has 0 aromatic heterocycles. The molecular weight excluding hydrogens is 181 g/mol. The van der Waals surface area contributed by atoms with E-state index in [0.717, 1.165) is 11.8 Å². The van der Waals surface area contributed by atoms with E-state index >= 15 is 0 Å². The summed E-state index contributed by atoms with van der Waals surface area (Å²) in [5.74, 6) is 0. The molecule has 1 N–H and O–H groups in total. The highest BCUT2D eigenvalue weighted by Gasteiger charge is 2.15. The van der Waals surface area contributed by atoms with E-state index in [4.69, 9.17) is 0 Å². The molecule has 0 unspecified atom stereocenters. The van der Waals surface area contributed by atoms with Crippen LogP contribution in [0.5, 0.6) is 0 Å². The van der Waals surface area contributed by atoms with Crippen LogP contribution in [-0.2, 0) is 4.79 Å². The van der Waals surface area contributed by atoms with Gasteiger partial charge >= 0.3 is 0 Å². The van der Waals surface area contributed by atoms with Gasteiger partial charge in [0.2, 0.25) is 0 Å². The van der Waals surface area contributed by atoms with Crippen molar-refractivity contribution in [3.8, 4) is 0 Å². The van der Waals surface area contributed by atoms with Crippen LogP contribution in [0, 0.1) is 0 Å². The smallest absolute Gasteiger partial charge is 0.182 e. The lowest BCUT2D eigenvalue weighted by Gasteiger charge is -2.17. The summed E-state index contributed by atoms with van der Waals surface area (Å²) in [7, 11) is 1.76. The number of hydrogen-bond acceptors (Lipinski definition) is 3. The van der Waals surface area contributed by atoms with E-state index in [-0.39, 0.29) is 11.3 Å². The summed E-state index contributed by atoms with van der Waals surface area (Å²) >= 11 is 4.38. The molecular formula is C9H12BNOS. The van der Waals surface area contributed by atoms with E-state index in [1.54, 1.807) is 7.98 Å². The Bertz CT molecular complexity index is 268. The molecule has 0 saturated carbocycles. The molecule has 68 valence electrons. The Hall–Kier alpha value is -0.735. The Morgan fingerprint density at radius 3 is 2.46 bits per heavy atom. The lowest BCUT2D eigenvalue weighted by molar-refractivity contribution is -0.109. The van der Waals surface area contributed by atoms with Gasteiger partial charge in [0.25, 0.3) is 0 Å². The Morgan fingerprint density at radius 1 is 1.38 bits per heavy atom. The quantitative estimate of drug-likeness (QED) is 0.410. The van der Waals surface area contributed by atoms with E-state index in [1.165, 1.54) is 0 Å². The van der Waals surface area contributed by atoms with Crippen LogP contribution in [0.3, 0.4) is 0 Å². The predicted molar refractivity (Wildman–Crippen MR) is 59.7 cm³/mol. The third-order valence-electron chi connectivity index (χ3n) is 1.96. The van der Waals surface area contributed by atoms with Crippen LogP contribution >= 0.6 is 12.6 Å². The van der Waals surface area contributed by atoms with E-state index in [2.05, 4.69) is 17.9 Å². The van der Waals surface area contributed by atoms with E-state index < -0.39 is 0 Å². The van der Waals surface area contributed by atoms with Crippen molar-refractivity contribution in [2.75, 3.05) is 0 Å². The van der Waals surface area contributed by atoms with Gasteiger partial charge in [0, 0.05) is 5.25 Å². The maximum Gasteiger partial charge on any atom is 0.182 e. The van der Waals surface area contributed by atoms with E-state index in [1.807, 2.05) is 30.3 Å². The lowest BCUT2D eigenvalue weighted by Crippen LogP contribution is -2.32. The summed E-state index contributed by atoms with van der Waals surface area (Å²) < 4.78 is 0. The first-order valence-electron chi connectivity index (χ1n) is 4.15. The first-order valence-corrected chi connectivity index (χ1v) is 4.66. The average Bonchev–Trinajstić information content (AvgIpc) is 2.21. The van der Waals surface area contributed by atoms with Crippen LogP contribution in [0.2, 0.25) is 0 Å². The van der Waals surface area contributed by atoms with Crippen LogP contribution in [0.15, 0.2) is 30.3 Å². The number of nitrogens with one attached hydrogen (secondary N) is 1. The van der Waals surface area contributed by atoms with Gasteiger partial charge in [-0.3, -0.25) is 0 Å². The summed E-state index contributed by atoms with van der Waals surface area (Å²) in [4.78, 5) is 10.6. The van der Waals surface area contributed by atoms with Crippen molar-refractivity contribution in [3.63, 3.8) is 0 Å². The molecule has 2 atom stereocenters. The van der Waals surface area contributed by atoms with Crippen molar-refractivity contribution in [3.05, 3.63) is 35.9 Å². The minimum absolute atomic E-state index is 0.0799. The van der Waals surface area contributed by atoms with Crippen LogP contribution in [-0.4, -0.2) is 20.3 Å².